The van der Waals surface area contributed by atoms with Gasteiger partial charge in [-0.3, -0.25) is 9.69 Å². The summed E-state index contributed by atoms with van der Waals surface area (Å²) in [4.78, 5) is 13.3. The van der Waals surface area contributed by atoms with Crippen LogP contribution in [0.25, 0.3) is 0 Å². The van der Waals surface area contributed by atoms with Crippen molar-refractivity contribution in [1.29, 1.82) is 0 Å². The normalized spacial score (nSPS) is 26.0. The van der Waals surface area contributed by atoms with Crippen molar-refractivity contribution in [2.45, 2.75) is 58.0 Å². The largest absolute Gasteiger partial charge is 0.480 e. The van der Waals surface area contributed by atoms with Crippen LogP contribution in [0.1, 0.15) is 46.0 Å². The zero-order chi connectivity index (χ0) is 10.6. The van der Waals surface area contributed by atoms with Gasteiger partial charge in [0.25, 0.3) is 0 Å². The van der Waals surface area contributed by atoms with Crippen molar-refractivity contribution in [3.05, 3.63) is 0 Å². The minimum Gasteiger partial charge on any atom is -0.480 e. The first-order valence-electron chi connectivity index (χ1n) is 5.65. The maximum absolute atomic E-state index is 11.1. The van der Waals surface area contributed by atoms with Gasteiger partial charge in [0.15, 0.2) is 0 Å². The van der Waals surface area contributed by atoms with Crippen molar-refractivity contribution in [3.8, 4) is 0 Å². The van der Waals surface area contributed by atoms with Crippen molar-refractivity contribution in [3.63, 3.8) is 0 Å². The molecule has 1 heterocycles. The highest BCUT2D eigenvalue weighted by Gasteiger charge is 2.29. The van der Waals surface area contributed by atoms with E-state index in [2.05, 4.69) is 11.8 Å². The average Bonchev–Trinajstić information content (AvgIpc) is 2.15. The molecule has 0 aliphatic carbocycles. The molecule has 3 heteroatoms. The van der Waals surface area contributed by atoms with Crippen LogP contribution < -0.4 is 0 Å². The lowest BCUT2D eigenvalue weighted by atomic mass is 9.99. The third kappa shape index (κ3) is 2.71. The number of hydrogen-bond donors (Lipinski definition) is 1. The van der Waals surface area contributed by atoms with Gasteiger partial charge in [-0.1, -0.05) is 19.8 Å². The lowest BCUT2D eigenvalue weighted by Gasteiger charge is -2.37. The molecule has 0 saturated carbocycles. The number of piperidine rings is 1. The van der Waals surface area contributed by atoms with E-state index in [1.807, 2.05) is 6.92 Å². The first kappa shape index (κ1) is 11.5. The molecular weight excluding hydrogens is 178 g/mol. The van der Waals surface area contributed by atoms with Gasteiger partial charge in [-0.15, -0.1) is 0 Å². The van der Waals surface area contributed by atoms with Gasteiger partial charge < -0.3 is 5.11 Å². The third-order valence-corrected chi connectivity index (χ3v) is 3.10. The number of aliphatic carboxylic acids is 1. The smallest absolute Gasteiger partial charge is 0.320 e. The van der Waals surface area contributed by atoms with E-state index in [9.17, 15) is 4.79 Å². The van der Waals surface area contributed by atoms with E-state index in [1.165, 1.54) is 6.42 Å². The number of carbonyl (C=O) groups is 1. The Balaban J connectivity index is 2.60. The van der Waals surface area contributed by atoms with E-state index in [0.29, 0.717) is 6.04 Å². The van der Waals surface area contributed by atoms with Gasteiger partial charge in [0.1, 0.15) is 6.04 Å². The molecule has 1 aliphatic rings. The number of likely N-dealkylation sites (tertiary alicyclic amines) is 1. The zero-order valence-corrected chi connectivity index (χ0v) is 9.20. The molecule has 2 atom stereocenters. The van der Waals surface area contributed by atoms with Gasteiger partial charge in [-0.2, -0.15) is 0 Å². The summed E-state index contributed by atoms with van der Waals surface area (Å²) in [7, 11) is 0. The monoisotopic (exact) mass is 199 g/mol. The number of nitrogens with zero attached hydrogens (tertiary/aromatic N) is 1. The fraction of sp³-hybridized carbons (Fsp3) is 0.909. The molecule has 82 valence electrons. The second-order valence-corrected chi connectivity index (χ2v) is 4.23. The van der Waals surface area contributed by atoms with Gasteiger partial charge in [0.2, 0.25) is 0 Å². The van der Waals surface area contributed by atoms with E-state index >= 15 is 0 Å². The molecule has 0 radical (unpaired) electrons. The molecule has 0 spiro atoms. The van der Waals surface area contributed by atoms with Crippen LogP contribution in [0.3, 0.4) is 0 Å². The number of rotatable bonds is 4. The number of carboxylic acid groups (broad SMARTS) is 1. The van der Waals surface area contributed by atoms with E-state index in [4.69, 9.17) is 5.11 Å². The number of carboxylic acids is 1. The third-order valence-electron chi connectivity index (χ3n) is 3.10. The van der Waals surface area contributed by atoms with Gasteiger partial charge >= 0.3 is 5.97 Å². The molecule has 1 N–H and O–H groups in total. The predicted octanol–water partition coefficient (Wildman–Crippen LogP) is 2.11. The first-order chi connectivity index (χ1) is 6.66. The van der Waals surface area contributed by atoms with Crippen LogP contribution in [0.5, 0.6) is 0 Å². The van der Waals surface area contributed by atoms with Crippen LogP contribution >= 0.6 is 0 Å². The highest BCUT2D eigenvalue weighted by Crippen LogP contribution is 2.21. The molecule has 2 unspecified atom stereocenters. The molecule has 1 saturated heterocycles. The quantitative estimate of drug-likeness (QED) is 0.754. The van der Waals surface area contributed by atoms with Crippen molar-refractivity contribution < 1.29 is 9.90 Å². The van der Waals surface area contributed by atoms with Crippen molar-refractivity contribution in [2.24, 2.45) is 0 Å². The van der Waals surface area contributed by atoms with Gasteiger partial charge in [-0.25, -0.2) is 0 Å². The summed E-state index contributed by atoms with van der Waals surface area (Å²) in [5.41, 5.74) is 0. The van der Waals surface area contributed by atoms with Gasteiger partial charge in [-0.05, 0) is 32.7 Å². The lowest BCUT2D eigenvalue weighted by molar-refractivity contribution is -0.145. The fourth-order valence-corrected chi connectivity index (χ4v) is 2.29. The van der Waals surface area contributed by atoms with Crippen LogP contribution in [0.4, 0.5) is 0 Å². The highest BCUT2D eigenvalue weighted by molar-refractivity contribution is 5.73. The fourth-order valence-electron chi connectivity index (χ4n) is 2.29. The summed E-state index contributed by atoms with van der Waals surface area (Å²) in [5, 5.41) is 9.13. The minimum atomic E-state index is -0.652. The van der Waals surface area contributed by atoms with Crippen molar-refractivity contribution in [1.82, 2.24) is 4.90 Å². The van der Waals surface area contributed by atoms with Crippen LogP contribution in [0.15, 0.2) is 0 Å². The van der Waals surface area contributed by atoms with Gasteiger partial charge in [0.05, 0.1) is 0 Å². The lowest BCUT2D eigenvalue weighted by Crippen LogP contribution is -2.48. The molecule has 3 nitrogen and oxygen atoms in total. The van der Waals surface area contributed by atoms with Gasteiger partial charge in [0, 0.05) is 6.04 Å². The SMILES string of the molecule is CCCC(C(=O)O)N1CCCCC1C. The molecule has 1 rings (SSSR count). The Hall–Kier alpha value is -0.570. The van der Waals surface area contributed by atoms with E-state index in [1.54, 1.807) is 0 Å². The Morgan fingerprint density at radius 2 is 2.29 bits per heavy atom. The minimum absolute atomic E-state index is 0.254. The summed E-state index contributed by atoms with van der Waals surface area (Å²) in [6, 6.07) is 0.187. The second-order valence-electron chi connectivity index (χ2n) is 4.23. The van der Waals surface area contributed by atoms with E-state index < -0.39 is 5.97 Å². The molecule has 0 amide bonds. The summed E-state index contributed by atoms with van der Waals surface area (Å²) in [6.45, 7) is 5.15. The summed E-state index contributed by atoms with van der Waals surface area (Å²) in [6.07, 6.45) is 5.27. The average molecular weight is 199 g/mol. The standard InChI is InChI=1S/C11H21NO2/c1-3-6-10(11(13)14)12-8-5-4-7-9(12)2/h9-10H,3-8H2,1-2H3,(H,13,14). The summed E-state index contributed by atoms with van der Waals surface area (Å²) < 4.78 is 0. The topological polar surface area (TPSA) is 40.5 Å². The molecule has 14 heavy (non-hydrogen) atoms. The first-order valence-corrected chi connectivity index (χ1v) is 5.65. The maximum atomic E-state index is 11.1. The Bertz CT molecular complexity index is 194. The highest BCUT2D eigenvalue weighted by atomic mass is 16.4. The van der Waals surface area contributed by atoms with Crippen molar-refractivity contribution >= 4 is 5.97 Å². The van der Waals surface area contributed by atoms with E-state index in [0.717, 1.165) is 32.2 Å². The molecule has 1 fully saturated rings. The summed E-state index contributed by atoms with van der Waals surface area (Å²) in [5.74, 6) is -0.652. The second kappa shape index (κ2) is 5.35. The van der Waals surface area contributed by atoms with Crippen LogP contribution in [0.2, 0.25) is 0 Å². The molecule has 0 bridgehead atoms. The molecule has 1 aliphatic heterocycles. The Morgan fingerprint density at radius 3 is 2.79 bits per heavy atom. The van der Waals surface area contributed by atoms with Crippen LogP contribution in [0, 0.1) is 0 Å². The predicted molar refractivity (Wildman–Crippen MR) is 56.4 cm³/mol. The van der Waals surface area contributed by atoms with Crippen LogP contribution in [-0.4, -0.2) is 34.6 Å². The van der Waals surface area contributed by atoms with E-state index in [-0.39, 0.29) is 6.04 Å². The van der Waals surface area contributed by atoms with Crippen LogP contribution in [-0.2, 0) is 4.79 Å². The Morgan fingerprint density at radius 1 is 1.57 bits per heavy atom. The molecule has 0 aromatic rings. The molecular formula is C11H21NO2. The maximum Gasteiger partial charge on any atom is 0.320 e. The Kier molecular flexibility index (Phi) is 4.39. The summed E-state index contributed by atoms with van der Waals surface area (Å²) >= 11 is 0. The Labute approximate surface area is 86.1 Å². The molecule has 0 aromatic heterocycles. The van der Waals surface area contributed by atoms with Crippen molar-refractivity contribution in [2.75, 3.05) is 6.54 Å². The zero-order valence-electron chi connectivity index (χ0n) is 9.20. The molecule has 0 aromatic carbocycles. The number of hydrogen-bond acceptors (Lipinski definition) is 2.